The Kier molecular flexibility index (Phi) is 11.6. The van der Waals surface area contributed by atoms with Gasteiger partial charge in [0, 0.05) is 4.91 Å². The zero-order valence-corrected chi connectivity index (χ0v) is 21.4. The summed E-state index contributed by atoms with van der Waals surface area (Å²) in [6.45, 7) is 0.430. The molecule has 0 amide bonds. The van der Waals surface area contributed by atoms with Crippen molar-refractivity contribution in [2.24, 2.45) is 5.11 Å². The van der Waals surface area contributed by atoms with Gasteiger partial charge in [0.15, 0.2) is 0 Å². The lowest BCUT2D eigenvalue weighted by Crippen LogP contribution is -2.47. The van der Waals surface area contributed by atoms with Gasteiger partial charge in [0.25, 0.3) is 10.1 Å². The number of hydrogen-bond donors (Lipinski definition) is 0. The number of nitrogens with zero attached hydrogens (tertiary/aromatic N) is 3. The number of rotatable bonds is 16. The van der Waals surface area contributed by atoms with Crippen molar-refractivity contribution in [2.45, 2.75) is 38.1 Å². The van der Waals surface area contributed by atoms with Gasteiger partial charge in [-0.25, -0.2) is 0 Å². The van der Waals surface area contributed by atoms with Crippen LogP contribution in [0.1, 0.15) is 16.7 Å². The van der Waals surface area contributed by atoms with E-state index in [2.05, 4.69) is 10.0 Å². The van der Waals surface area contributed by atoms with Crippen LogP contribution < -0.4 is 0 Å². The van der Waals surface area contributed by atoms with Crippen LogP contribution in [0.5, 0.6) is 0 Å². The van der Waals surface area contributed by atoms with Crippen LogP contribution in [0, 0.1) is 0 Å². The fraction of sp³-hybridized carbons (Fsp3) is 0.333. The molecule has 0 spiro atoms. The number of azide groups is 1. The first-order valence-corrected chi connectivity index (χ1v) is 13.6. The summed E-state index contributed by atoms with van der Waals surface area (Å²) in [6, 6.07) is 28.4. The van der Waals surface area contributed by atoms with Crippen molar-refractivity contribution >= 4 is 10.1 Å². The van der Waals surface area contributed by atoms with Crippen LogP contribution in [-0.4, -0.2) is 46.1 Å². The quantitative estimate of drug-likeness (QED) is 0.112. The number of ether oxygens (including phenoxy) is 3. The van der Waals surface area contributed by atoms with Crippen molar-refractivity contribution in [1.29, 1.82) is 0 Å². The predicted octanol–water partition coefficient (Wildman–Crippen LogP) is 5.03. The molecule has 9 nitrogen and oxygen atoms in total. The Hall–Kier alpha value is -3.24. The Balaban J connectivity index is 1.85. The summed E-state index contributed by atoms with van der Waals surface area (Å²) in [5.41, 5.74) is 11.7. The third kappa shape index (κ3) is 10.7. The molecule has 3 unspecified atom stereocenters. The molecule has 3 aromatic rings. The molecule has 0 aliphatic carbocycles. The van der Waals surface area contributed by atoms with Crippen LogP contribution in [0.3, 0.4) is 0 Å². The SMILES string of the molecule is CS(=O)(=O)OC(COCc1ccccc1)C(OCc1ccccc1)C(CN=[N+]=[N-])OCc1ccccc1. The van der Waals surface area contributed by atoms with Crippen molar-refractivity contribution in [2.75, 3.05) is 19.4 Å². The molecule has 0 aliphatic rings. The van der Waals surface area contributed by atoms with E-state index >= 15 is 0 Å². The van der Waals surface area contributed by atoms with Gasteiger partial charge in [-0.05, 0) is 22.2 Å². The van der Waals surface area contributed by atoms with Crippen molar-refractivity contribution in [3.05, 3.63) is 118 Å². The van der Waals surface area contributed by atoms with Gasteiger partial charge in [-0.2, -0.15) is 8.42 Å². The van der Waals surface area contributed by atoms with Crippen molar-refractivity contribution < 1.29 is 26.8 Å². The fourth-order valence-corrected chi connectivity index (χ4v) is 4.25. The molecule has 196 valence electrons. The molecule has 0 aliphatic heterocycles. The summed E-state index contributed by atoms with van der Waals surface area (Å²) >= 11 is 0. The van der Waals surface area contributed by atoms with E-state index in [1.54, 1.807) is 0 Å². The van der Waals surface area contributed by atoms with E-state index in [1.165, 1.54) is 0 Å². The van der Waals surface area contributed by atoms with Crippen LogP contribution in [0.25, 0.3) is 10.4 Å². The topological polar surface area (TPSA) is 120 Å². The van der Waals surface area contributed by atoms with E-state index < -0.39 is 28.4 Å². The molecule has 0 radical (unpaired) electrons. The van der Waals surface area contributed by atoms with Crippen LogP contribution in [0.2, 0.25) is 0 Å². The lowest BCUT2D eigenvalue weighted by atomic mass is 10.1. The molecule has 0 N–H and O–H groups in total. The van der Waals surface area contributed by atoms with Gasteiger partial charge in [0.2, 0.25) is 0 Å². The maximum atomic E-state index is 12.2. The first-order chi connectivity index (χ1) is 17.9. The summed E-state index contributed by atoms with van der Waals surface area (Å²) in [4.78, 5) is 2.87. The molecular formula is C27H31N3O6S. The Bertz CT molecular complexity index is 1210. The zero-order valence-electron chi connectivity index (χ0n) is 20.6. The summed E-state index contributed by atoms with van der Waals surface area (Å²) < 4.78 is 48.1. The largest absolute Gasteiger partial charge is 0.374 e. The summed E-state index contributed by atoms with van der Waals surface area (Å²) in [6.07, 6.45) is -1.83. The monoisotopic (exact) mass is 525 g/mol. The maximum Gasteiger partial charge on any atom is 0.264 e. The fourth-order valence-electron chi connectivity index (χ4n) is 3.64. The van der Waals surface area contributed by atoms with Gasteiger partial charge >= 0.3 is 0 Å². The normalized spacial score (nSPS) is 13.9. The molecule has 37 heavy (non-hydrogen) atoms. The minimum atomic E-state index is -3.89. The first kappa shape index (κ1) is 28.3. The van der Waals surface area contributed by atoms with Crippen molar-refractivity contribution in [3.8, 4) is 0 Å². The van der Waals surface area contributed by atoms with E-state index in [-0.39, 0.29) is 33.0 Å². The molecule has 3 rings (SSSR count). The summed E-state index contributed by atoms with van der Waals surface area (Å²) in [5, 5.41) is 3.70. The predicted molar refractivity (Wildman–Crippen MR) is 140 cm³/mol. The Morgan fingerprint density at radius 1 is 0.757 bits per heavy atom. The van der Waals surface area contributed by atoms with Gasteiger partial charge in [-0.1, -0.05) is 96.1 Å². The van der Waals surface area contributed by atoms with E-state index in [9.17, 15) is 8.42 Å². The average molecular weight is 526 g/mol. The Morgan fingerprint density at radius 3 is 1.73 bits per heavy atom. The smallest absolute Gasteiger partial charge is 0.264 e. The highest BCUT2D eigenvalue weighted by Crippen LogP contribution is 2.20. The van der Waals surface area contributed by atoms with Crippen molar-refractivity contribution in [3.63, 3.8) is 0 Å². The molecule has 10 heteroatoms. The third-order valence-corrected chi connectivity index (χ3v) is 5.94. The van der Waals surface area contributed by atoms with Crippen LogP contribution >= 0.6 is 0 Å². The Labute approximate surface area is 217 Å². The van der Waals surface area contributed by atoms with E-state index in [0.29, 0.717) is 0 Å². The molecule has 0 saturated carbocycles. The van der Waals surface area contributed by atoms with E-state index in [0.717, 1.165) is 22.9 Å². The molecule has 3 atom stereocenters. The third-order valence-electron chi connectivity index (χ3n) is 5.34. The van der Waals surface area contributed by atoms with Gasteiger partial charge in [-0.15, -0.1) is 0 Å². The standard InChI is InChI=1S/C27H31N3O6S/c1-37(31,32)36-26(21-33-18-22-11-5-2-6-12-22)27(35-20-24-15-9-4-10-16-24)25(17-29-30-28)34-19-23-13-7-3-8-14-23/h2-16,25-27H,17-21H2,1H3. The van der Waals surface area contributed by atoms with E-state index in [1.807, 2.05) is 91.0 Å². The van der Waals surface area contributed by atoms with Gasteiger partial charge in [0.1, 0.15) is 12.2 Å². The van der Waals surface area contributed by atoms with Crippen LogP contribution in [-0.2, 0) is 48.3 Å². The number of hydrogen-bond acceptors (Lipinski definition) is 7. The second-order valence-corrected chi connectivity index (χ2v) is 9.95. The minimum Gasteiger partial charge on any atom is -0.374 e. The summed E-state index contributed by atoms with van der Waals surface area (Å²) in [7, 11) is -3.89. The lowest BCUT2D eigenvalue weighted by Gasteiger charge is -2.32. The molecule has 3 aromatic carbocycles. The zero-order chi connectivity index (χ0) is 26.3. The van der Waals surface area contributed by atoms with Crippen molar-refractivity contribution in [1.82, 2.24) is 0 Å². The van der Waals surface area contributed by atoms with Gasteiger partial charge in [0.05, 0.1) is 45.3 Å². The second-order valence-electron chi connectivity index (χ2n) is 8.35. The average Bonchev–Trinajstić information content (AvgIpc) is 2.90. The highest BCUT2D eigenvalue weighted by Gasteiger charge is 2.35. The molecule has 0 aromatic heterocycles. The molecule has 0 bridgehead atoms. The molecular weight excluding hydrogens is 494 g/mol. The molecule has 0 fully saturated rings. The van der Waals surface area contributed by atoms with Gasteiger partial charge < -0.3 is 14.2 Å². The van der Waals surface area contributed by atoms with Crippen LogP contribution in [0.15, 0.2) is 96.1 Å². The first-order valence-electron chi connectivity index (χ1n) is 11.8. The van der Waals surface area contributed by atoms with E-state index in [4.69, 9.17) is 23.9 Å². The molecule has 0 heterocycles. The van der Waals surface area contributed by atoms with Gasteiger partial charge in [-0.3, -0.25) is 4.18 Å². The maximum absolute atomic E-state index is 12.2. The Morgan fingerprint density at radius 2 is 1.24 bits per heavy atom. The molecule has 0 saturated heterocycles. The lowest BCUT2D eigenvalue weighted by molar-refractivity contribution is -0.136. The number of benzene rings is 3. The summed E-state index contributed by atoms with van der Waals surface area (Å²) in [5.74, 6) is 0. The second kappa shape index (κ2) is 15.1. The highest BCUT2D eigenvalue weighted by molar-refractivity contribution is 7.86. The minimum absolute atomic E-state index is 0.0922. The van der Waals surface area contributed by atoms with Crippen LogP contribution in [0.4, 0.5) is 0 Å². The highest BCUT2D eigenvalue weighted by atomic mass is 32.2.